The number of carboxylic acid groups (broad SMARTS) is 3. The van der Waals surface area contributed by atoms with Crippen molar-refractivity contribution in [1.29, 1.82) is 0 Å². The molecule has 0 aliphatic carbocycles. The van der Waals surface area contributed by atoms with Gasteiger partial charge in [-0.25, -0.2) is 19.4 Å². The highest BCUT2D eigenvalue weighted by atomic mass is 16.5. The van der Waals surface area contributed by atoms with Crippen molar-refractivity contribution in [2.75, 3.05) is 31.1 Å². The van der Waals surface area contributed by atoms with Crippen LogP contribution in [0.2, 0.25) is 0 Å². The third-order valence-electron chi connectivity index (χ3n) is 5.96. The van der Waals surface area contributed by atoms with Gasteiger partial charge in [-0.05, 0) is 26.3 Å². The SMILES string of the molecule is CC(=O)[O-].CC(=O)[O-].Cc1cn(C[C@H](NC(=O)OCc2ccccc2)C(=O)O)c(=O)nc1N1CC[NH+](c2c[nH+]ccn2)CC1. The first-order chi connectivity index (χ1) is 20.9. The first-order valence-electron chi connectivity index (χ1n) is 13.4. The number of piperazine rings is 1. The summed E-state index contributed by atoms with van der Waals surface area (Å²) >= 11 is 0. The molecule has 44 heavy (non-hydrogen) atoms. The molecule has 0 bridgehead atoms. The third kappa shape index (κ3) is 12.2. The number of quaternary nitrogens is 1. The van der Waals surface area contributed by atoms with Gasteiger partial charge in [0.1, 0.15) is 31.6 Å². The second-order valence-electron chi connectivity index (χ2n) is 9.49. The third-order valence-corrected chi connectivity index (χ3v) is 5.96. The fourth-order valence-electron chi connectivity index (χ4n) is 4.09. The lowest BCUT2D eigenvalue weighted by Gasteiger charge is -2.32. The Hall–Kier alpha value is -5.38. The van der Waals surface area contributed by atoms with Crippen LogP contribution in [0.5, 0.6) is 0 Å². The van der Waals surface area contributed by atoms with Crippen molar-refractivity contribution >= 4 is 35.6 Å². The van der Waals surface area contributed by atoms with Crippen LogP contribution in [0.1, 0.15) is 25.0 Å². The average Bonchev–Trinajstić information content (AvgIpc) is 2.98. The van der Waals surface area contributed by atoms with Gasteiger partial charge in [-0.1, -0.05) is 30.3 Å². The minimum atomic E-state index is -1.36. The Morgan fingerprint density at radius 1 is 1.11 bits per heavy atom. The van der Waals surface area contributed by atoms with Crippen LogP contribution in [0.3, 0.4) is 0 Å². The molecule has 2 aromatic heterocycles. The quantitative estimate of drug-likeness (QED) is 0.227. The van der Waals surface area contributed by atoms with Gasteiger partial charge in [0.05, 0.1) is 25.8 Å². The number of aryl methyl sites for hydroxylation is 1. The highest BCUT2D eigenvalue weighted by molar-refractivity contribution is 5.79. The summed E-state index contributed by atoms with van der Waals surface area (Å²) in [6.45, 7) is 6.46. The van der Waals surface area contributed by atoms with E-state index in [0.29, 0.717) is 18.9 Å². The number of benzene rings is 1. The molecule has 1 aliphatic heterocycles. The lowest BCUT2D eigenvalue weighted by molar-refractivity contribution is -0.837. The van der Waals surface area contributed by atoms with Crippen LogP contribution < -0.4 is 36.0 Å². The summed E-state index contributed by atoms with van der Waals surface area (Å²) in [4.78, 5) is 69.4. The minimum absolute atomic E-state index is 0.00187. The standard InChI is InChI=1S/C24H27N7O5.2C2H4O2/c1-17-14-31(15-19(22(32)33)27-24(35)36-16-18-5-3-2-4-6-18)23(34)28-21(17)30-11-9-29(10-12-30)20-13-25-7-8-26-20;2*1-2(3)4/h2-8,13-14,19H,9-12,15-16H2,1H3,(H,27,35)(H,32,33);2*1H3,(H,3,4)/t19-;;/m0../s1. The Kier molecular flexibility index (Phi) is 13.9. The monoisotopic (exact) mass is 613 g/mol. The molecule has 1 fully saturated rings. The predicted molar refractivity (Wildman–Crippen MR) is 149 cm³/mol. The van der Waals surface area contributed by atoms with Gasteiger partial charge in [0.25, 0.3) is 5.82 Å². The van der Waals surface area contributed by atoms with Crippen LogP contribution in [-0.2, 0) is 32.3 Å². The number of hydrogen-bond acceptors (Lipinski definition) is 11. The molecular weight excluding hydrogens is 578 g/mol. The first-order valence-corrected chi connectivity index (χ1v) is 13.4. The van der Waals surface area contributed by atoms with E-state index < -0.39 is 35.7 Å². The summed E-state index contributed by atoms with van der Waals surface area (Å²) in [6, 6.07) is 7.67. The number of hydrogen-bond donors (Lipinski definition) is 3. The molecule has 1 aromatic carbocycles. The smallest absolute Gasteiger partial charge is 0.408 e. The number of aliphatic carboxylic acids is 3. The van der Waals surface area contributed by atoms with Crippen LogP contribution in [0.25, 0.3) is 0 Å². The zero-order chi connectivity index (χ0) is 32.6. The van der Waals surface area contributed by atoms with Gasteiger partial charge in [0.15, 0.2) is 6.20 Å². The molecular formula is C28H35N7O9. The molecule has 1 saturated heterocycles. The Morgan fingerprint density at radius 3 is 2.27 bits per heavy atom. The van der Waals surface area contributed by atoms with Crippen LogP contribution in [0.15, 0.2) is 59.9 Å². The highest BCUT2D eigenvalue weighted by Crippen LogP contribution is 2.15. The number of nitrogens with one attached hydrogen (secondary N) is 3. The van der Waals surface area contributed by atoms with Crippen molar-refractivity contribution in [2.24, 2.45) is 0 Å². The summed E-state index contributed by atoms with van der Waals surface area (Å²) in [7, 11) is 0. The van der Waals surface area contributed by atoms with Crippen molar-refractivity contribution in [3.63, 3.8) is 0 Å². The number of carbonyl (C=O) groups excluding carboxylic acids is 3. The van der Waals surface area contributed by atoms with Crippen molar-refractivity contribution in [2.45, 2.75) is 40.0 Å². The van der Waals surface area contributed by atoms with E-state index in [2.05, 4.69) is 20.3 Å². The molecule has 4 rings (SSSR count). The average molecular weight is 614 g/mol. The van der Waals surface area contributed by atoms with Gasteiger partial charge in [0, 0.05) is 23.7 Å². The van der Waals surface area contributed by atoms with Crippen LogP contribution in [0.4, 0.5) is 16.4 Å². The molecule has 1 aliphatic rings. The molecule has 1 amide bonds. The minimum Gasteiger partial charge on any atom is -0.550 e. The van der Waals surface area contributed by atoms with E-state index >= 15 is 0 Å². The first kappa shape index (κ1) is 34.8. The number of amides is 1. The lowest BCUT2D eigenvalue weighted by Crippen LogP contribution is -3.10. The van der Waals surface area contributed by atoms with E-state index in [-0.39, 0.29) is 13.2 Å². The molecule has 4 N–H and O–H groups in total. The Bertz CT molecular complexity index is 1420. The second-order valence-corrected chi connectivity index (χ2v) is 9.49. The number of alkyl carbamates (subject to hydrolysis) is 1. The number of aromatic amines is 1. The van der Waals surface area contributed by atoms with Gasteiger partial charge >= 0.3 is 17.8 Å². The Labute approximate surface area is 252 Å². The maximum atomic E-state index is 12.7. The van der Waals surface area contributed by atoms with Crippen LogP contribution in [-0.4, -0.2) is 75.9 Å². The number of anilines is 1. The zero-order valence-corrected chi connectivity index (χ0v) is 24.5. The number of carbonyl (C=O) groups is 4. The van der Waals surface area contributed by atoms with E-state index in [1.165, 1.54) is 9.47 Å². The van der Waals surface area contributed by atoms with E-state index in [1.54, 1.807) is 30.7 Å². The van der Waals surface area contributed by atoms with Crippen molar-refractivity contribution in [3.05, 3.63) is 76.7 Å². The van der Waals surface area contributed by atoms with Crippen LogP contribution >= 0.6 is 0 Å². The molecule has 16 heteroatoms. The molecule has 1 atom stereocenters. The second kappa shape index (κ2) is 17.5. The van der Waals surface area contributed by atoms with Crippen molar-refractivity contribution < 1.29 is 49.1 Å². The molecule has 0 radical (unpaired) electrons. The summed E-state index contributed by atoms with van der Waals surface area (Å²) in [5.41, 5.74) is 0.919. The number of rotatable bonds is 8. The Morgan fingerprint density at radius 2 is 1.73 bits per heavy atom. The van der Waals surface area contributed by atoms with E-state index in [0.717, 1.165) is 43.9 Å². The molecule has 236 valence electrons. The maximum Gasteiger partial charge on any atom is 0.408 e. The normalized spacial score (nSPS) is 13.2. The fourth-order valence-corrected chi connectivity index (χ4v) is 4.09. The van der Waals surface area contributed by atoms with Crippen molar-refractivity contribution in [3.8, 4) is 0 Å². The summed E-state index contributed by atoms with van der Waals surface area (Å²) in [6.07, 6.45) is 6.05. The summed E-state index contributed by atoms with van der Waals surface area (Å²) in [5.74, 6) is -1.94. The van der Waals surface area contributed by atoms with E-state index in [1.807, 2.05) is 36.2 Å². The van der Waals surface area contributed by atoms with Crippen LogP contribution in [0, 0.1) is 6.92 Å². The highest BCUT2D eigenvalue weighted by Gasteiger charge is 2.27. The van der Waals surface area contributed by atoms with Gasteiger partial charge in [0.2, 0.25) is 6.20 Å². The molecule has 3 aromatic rings. The number of aromatic nitrogens is 4. The topological polar surface area (TPSA) is 225 Å². The fraction of sp³-hybridized carbons (Fsp3) is 0.357. The molecule has 0 saturated carbocycles. The summed E-state index contributed by atoms with van der Waals surface area (Å²) in [5, 5.41) is 29.7. The number of nitrogens with zero attached hydrogens (tertiary/aromatic N) is 4. The van der Waals surface area contributed by atoms with Gasteiger partial charge in [-0.3, -0.25) is 9.47 Å². The number of ether oxygens (including phenoxy) is 1. The lowest BCUT2D eigenvalue weighted by atomic mass is 10.2. The molecule has 0 unspecified atom stereocenters. The predicted octanol–water partition coefficient (Wildman–Crippen LogP) is -3.31. The summed E-state index contributed by atoms with van der Waals surface area (Å²) < 4.78 is 6.30. The number of carboxylic acids is 3. The van der Waals surface area contributed by atoms with E-state index in [9.17, 15) is 19.5 Å². The largest absolute Gasteiger partial charge is 0.550 e. The Balaban J connectivity index is 0.000000754. The maximum absolute atomic E-state index is 12.7. The molecule has 16 nitrogen and oxygen atoms in total. The van der Waals surface area contributed by atoms with E-state index in [4.69, 9.17) is 24.5 Å². The van der Waals surface area contributed by atoms with Gasteiger partial charge in [-0.15, -0.1) is 0 Å². The zero-order valence-electron chi connectivity index (χ0n) is 24.5. The van der Waals surface area contributed by atoms with Gasteiger partial charge in [-0.2, -0.15) is 9.97 Å². The van der Waals surface area contributed by atoms with Gasteiger partial charge < -0.3 is 39.9 Å². The molecule has 3 heterocycles. The number of H-pyrrole nitrogens is 1. The van der Waals surface area contributed by atoms with Crippen molar-refractivity contribution in [1.82, 2.24) is 19.9 Å². The molecule has 0 spiro atoms.